The van der Waals surface area contributed by atoms with Gasteiger partial charge >= 0.3 is 0 Å². The molecule has 0 radical (unpaired) electrons. The van der Waals surface area contributed by atoms with Gasteiger partial charge in [-0.05, 0) is 69.3 Å². The van der Waals surface area contributed by atoms with Crippen LogP contribution in [0, 0.1) is 13.8 Å². The number of carbonyl (C=O) groups is 2. The number of amides is 2. The zero-order chi connectivity index (χ0) is 22.9. The molecule has 0 saturated heterocycles. The Kier molecular flexibility index (Phi) is 5.76. The number of nitrogens with one attached hydrogen (secondary N) is 1. The van der Waals surface area contributed by atoms with Gasteiger partial charge in [0.1, 0.15) is 0 Å². The monoisotopic (exact) mass is 445 g/mol. The van der Waals surface area contributed by atoms with Gasteiger partial charge in [-0.1, -0.05) is 47.0 Å². The van der Waals surface area contributed by atoms with Crippen molar-refractivity contribution < 1.29 is 9.59 Å². The molecule has 5 nitrogen and oxygen atoms in total. The van der Waals surface area contributed by atoms with Crippen LogP contribution >= 0.6 is 11.6 Å². The third-order valence-electron chi connectivity index (χ3n) is 5.57. The molecule has 1 unspecified atom stereocenters. The van der Waals surface area contributed by atoms with Crippen LogP contribution in [-0.4, -0.2) is 17.5 Å². The van der Waals surface area contributed by atoms with Gasteiger partial charge in [-0.15, -0.1) is 0 Å². The lowest BCUT2D eigenvalue weighted by molar-refractivity contribution is -0.123. The molecule has 1 N–H and O–H groups in total. The summed E-state index contributed by atoms with van der Waals surface area (Å²) >= 11 is 5.96. The first-order valence-electron chi connectivity index (χ1n) is 10.3. The van der Waals surface area contributed by atoms with Crippen LogP contribution in [-0.2, 0) is 4.79 Å². The molecule has 3 aromatic rings. The Morgan fingerprint density at radius 2 is 1.34 bits per heavy atom. The van der Waals surface area contributed by atoms with E-state index < -0.39 is 5.66 Å². The average Bonchev–Trinajstić information content (AvgIpc) is 2.78. The maximum atomic E-state index is 13.8. The first-order chi connectivity index (χ1) is 15.3. The van der Waals surface area contributed by atoms with E-state index in [-0.39, 0.29) is 11.8 Å². The average molecular weight is 446 g/mol. The van der Waals surface area contributed by atoms with Crippen molar-refractivity contribution in [2.24, 2.45) is 0 Å². The van der Waals surface area contributed by atoms with E-state index in [2.05, 4.69) is 5.32 Å². The molecule has 6 heteroatoms. The van der Waals surface area contributed by atoms with Crippen LogP contribution in [0.2, 0.25) is 5.02 Å². The fourth-order valence-electron chi connectivity index (χ4n) is 3.65. The molecule has 0 saturated carbocycles. The minimum absolute atomic E-state index is 0.272. The number of halogens is 1. The number of nitrogens with zero attached hydrogens (tertiary/aromatic N) is 2. The molecule has 1 atom stereocenters. The van der Waals surface area contributed by atoms with Crippen LogP contribution in [0.4, 0.5) is 11.4 Å². The van der Waals surface area contributed by atoms with Gasteiger partial charge in [0.2, 0.25) is 0 Å². The van der Waals surface area contributed by atoms with Gasteiger partial charge in [-0.2, -0.15) is 0 Å². The zero-order valence-electron chi connectivity index (χ0n) is 18.2. The Balaban J connectivity index is 1.75. The largest absolute Gasteiger partial charge is 0.321 e. The highest BCUT2D eigenvalue weighted by Gasteiger charge is 2.46. The molecule has 0 bridgehead atoms. The van der Waals surface area contributed by atoms with Gasteiger partial charge in [0.05, 0.1) is 0 Å². The smallest absolute Gasteiger partial charge is 0.277 e. The predicted molar refractivity (Wildman–Crippen MR) is 129 cm³/mol. The number of hydrogen-bond donors (Lipinski definition) is 1. The van der Waals surface area contributed by atoms with E-state index in [4.69, 9.17) is 11.6 Å². The van der Waals surface area contributed by atoms with E-state index in [1.54, 1.807) is 47.2 Å². The van der Waals surface area contributed by atoms with Crippen LogP contribution in [0.5, 0.6) is 0 Å². The number of carbonyl (C=O) groups excluding carboxylic acids is 2. The molecule has 0 aromatic heterocycles. The second kappa shape index (κ2) is 8.52. The van der Waals surface area contributed by atoms with Crippen LogP contribution in [0.1, 0.15) is 28.4 Å². The SMILES string of the molecule is Cc1ccc(N2C=CN(c3ccc(C)cc3)C(C)(NC(=O)c3ccc(Cl)cc3)C2=O)cc1. The molecule has 162 valence electrons. The third kappa shape index (κ3) is 4.12. The summed E-state index contributed by atoms with van der Waals surface area (Å²) in [6.45, 7) is 5.71. The highest BCUT2D eigenvalue weighted by Crippen LogP contribution is 2.31. The Morgan fingerprint density at radius 3 is 1.91 bits per heavy atom. The Labute approximate surface area is 192 Å². The lowest BCUT2D eigenvalue weighted by Crippen LogP contribution is -2.67. The number of rotatable bonds is 4. The second-order valence-electron chi connectivity index (χ2n) is 8.05. The molecule has 0 aliphatic carbocycles. The maximum absolute atomic E-state index is 13.8. The second-order valence-corrected chi connectivity index (χ2v) is 8.48. The predicted octanol–water partition coefficient (Wildman–Crippen LogP) is 5.43. The van der Waals surface area contributed by atoms with E-state index in [0.29, 0.717) is 10.6 Å². The summed E-state index contributed by atoms with van der Waals surface area (Å²) in [6, 6.07) is 22.1. The van der Waals surface area contributed by atoms with Crippen molar-refractivity contribution in [3.63, 3.8) is 0 Å². The molecule has 32 heavy (non-hydrogen) atoms. The fraction of sp³-hybridized carbons (Fsp3) is 0.154. The molecule has 2 amide bonds. The molecular weight excluding hydrogens is 422 g/mol. The molecule has 0 fully saturated rings. The van der Waals surface area contributed by atoms with Gasteiger partial charge < -0.3 is 10.2 Å². The summed E-state index contributed by atoms with van der Waals surface area (Å²) in [6.07, 6.45) is 3.54. The number of hydrogen-bond acceptors (Lipinski definition) is 3. The first kappa shape index (κ1) is 21.7. The quantitative estimate of drug-likeness (QED) is 0.582. The van der Waals surface area contributed by atoms with Gasteiger partial charge in [0, 0.05) is 34.4 Å². The first-order valence-corrected chi connectivity index (χ1v) is 10.7. The van der Waals surface area contributed by atoms with Crippen molar-refractivity contribution in [3.05, 3.63) is 107 Å². The van der Waals surface area contributed by atoms with Crippen molar-refractivity contribution in [1.82, 2.24) is 5.32 Å². The van der Waals surface area contributed by atoms with Crippen molar-refractivity contribution >= 4 is 34.8 Å². The summed E-state index contributed by atoms with van der Waals surface area (Å²) in [5.74, 6) is -0.638. The van der Waals surface area contributed by atoms with Crippen molar-refractivity contribution in [1.29, 1.82) is 0 Å². The lowest BCUT2D eigenvalue weighted by Gasteiger charge is -2.45. The van der Waals surface area contributed by atoms with E-state index in [0.717, 1.165) is 22.5 Å². The Hall–Kier alpha value is -3.57. The van der Waals surface area contributed by atoms with Gasteiger partial charge in [0.25, 0.3) is 11.8 Å². The third-order valence-corrected chi connectivity index (χ3v) is 5.82. The molecule has 1 heterocycles. The molecule has 1 aliphatic heterocycles. The van der Waals surface area contributed by atoms with Crippen LogP contribution in [0.15, 0.2) is 85.2 Å². The maximum Gasteiger partial charge on any atom is 0.277 e. The van der Waals surface area contributed by atoms with Crippen molar-refractivity contribution in [2.75, 3.05) is 9.80 Å². The van der Waals surface area contributed by atoms with Gasteiger partial charge in [-0.3, -0.25) is 14.5 Å². The Bertz CT molecular complexity index is 1170. The van der Waals surface area contributed by atoms with Crippen LogP contribution in [0.25, 0.3) is 0 Å². The minimum Gasteiger partial charge on any atom is -0.321 e. The normalized spacial score (nSPS) is 18.1. The molecule has 3 aromatic carbocycles. The highest BCUT2D eigenvalue weighted by atomic mass is 35.5. The summed E-state index contributed by atoms with van der Waals surface area (Å²) in [5.41, 5.74) is 2.79. The molecule has 0 spiro atoms. The number of aryl methyl sites for hydroxylation is 2. The van der Waals surface area contributed by atoms with E-state index in [1.165, 1.54) is 0 Å². The number of benzene rings is 3. The molecular formula is C26H24ClN3O2. The van der Waals surface area contributed by atoms with E-state index in [1.807, 2.05) is 68.6 Å². The van der Waals surface area contributed by atoms with Crippen molar-refractivity contribution in [3.8, 4) is 0 Å². The summed E-state index contributed by atoms with van der Waals surface area (Å²) < 4.78 is 0. The fourth-order valence-corrected chi connectivity index (χ4v) is 3.78. The summed E-state index contributed by atoms with van der Waals surface area (Å²) in [5, 5.41) is 3.49. The lowest BCUT2D eigenvalue weighted by atomic mass is 10.0. The van der Waals surface area contributed by atoms with Crippen LogP contribution < -0.4 is 15.1 Å². The van der Waals surface area contributed by atoms with Crippen molar-refractivity contribution in [2.45, 2.75) is 26.4 Å². The Morgan fingerprint density at radius 1 is 0.812 bits per heavy atom. The molecule has 1 aliphatic rings. The molecule has 4 rings (SSSR count). The summed E-state index contributed by atoms with van der Waals surface area (Å²) in [7, 11) is 0. The summed E-state index contributed by atoms with van der Waals surface area (Å²) in [4.78, 5) is 30.3. The topological polar surface area (TPSA) is 52.6 Å². The van der Waals surface area contributed by atoms with Gasteiger partial charge in [-0.25, -0.2) is 0 Å². The van der Waals surface area contributed by atoms with E-state index in [9.17, 15) is 9.59 Å². The number of anilines is 2. The van der Waals surface area contributed by atoms with Crippen LogP contribution in [0.3, 0.4) is 0 Å². The standard InChI is InChI=1S/C26H24ClN3O2/c1-18-4-12-22(13-5-18)29-16-17-30(23-14-6-19(2)7-15-23)26(3,25(29)32)28-24(31)20-8-10-21(27)11-9-20/h4-17H,1-3H3,(H,28,31). The zero-order valence-corrected chi connectivity index (χ0v) is 18.9. The van der Waals surface area contributed by atoms with E-state index >= 15 is 0 Å². The highest BCUT2D eigenvalue weighted by molar-refractivity contribution is 6.30. The minimum atomic E-state index is -1.36. The van der Waals surface area contributed by atoms with Gasteiger partial charge in [0.15, 0.2) is 5.66 Å².